The number of hydrogen-bond acceptors (Lipinski definition) is 7. The first kappa shape index (κ1) is 22.5. The van der Waals surface area contributed by atoms with Crippen molar-refractivity contribution in [3.05, 3.63) is 54.6 Å². The molecule has 0 spiro atoms. The minimum atomic E-state index is -3.56. The Labute approximate surface area is 191 Å². The summed E-state index contributed by atoms with van der Waals surface area (Å²) in [6.07, 6.45) is 2.80. The number of piperidine rings is 1. The second kappa shape index (κ2) is 9.85. The topological polar surface area (TPSA) is 105 Å². The molecule has 0 saturated carbocycles. The first-order chi connectivity index (χ1) is 15.4. The number of benzene rings is 2. The van der Waals surface area contributed by atoms with Gasteiger partial charge in [0.25, 0.3) is 5.22 Å². The van der Waals surface area contributed by atoms with Crippen molar-refractivity contribution in [1.29, 1.82) is 0 Å². The van der Waals surface area contributed by atoms with E-state index in [1.165, 1.54) is 4.31 Å². The SMILES string of the molecule is C[C@@H](Sc1nnc(-c2cccc(S(=O)(=O)N3CCCCC3)c2)o1)C(=O)Nc1ccccc1. The standard InChI is InChI=1S/C22H24N4O4S2/c1-16(20(27)23-18-10-4-2-5-11-18)31-22-25-24-21(30-22)17-9-8-12-19(15-17)32(28,29)26-13-6-3-7-14-26/h2,4-5,8-12,15-16H,3,6-7,13-14H2,1H3,(H,23,27)/t16-/m1/s1. The highest BCUT2D eigenvalue weighted by atomic mass is 32.2. The fourth-order valence-electron chi connectivity index (χ4n) is 3.39. The van der Waals surface area contributed by atoms with Crippen LogP contribution >= 0.6 is 11.8 Å². The van der Waals surface area contributed by atoms with E-state index in [-0.39, 0.29) is 21.9 Å². The molecule has 0 bridgehead atoms. The lowest BCUT2D eigenvalue weighted by Crippen LogP contribution is -2.35. The molecule has 168 valence electrons. The summed E-state index contributed by atoms with van der Waals surface area (Å²) in [4.78, 5) is 12.6. The average Bonchev–Trinajstić information content (AvgIpc) is 3.29. The molecule has 10 heteroatoms. The molecule has 1 amide bonds. The van der Waals surface area contributed by atoms with Gasteiger partial charge in [0.1, 0.15) is 0 Å². The van der Waals surface area contributed by atoms with Crippen LogP contribution in [0, 0.1) is 0 Å². The zero-order chi connectivity index (χ0) is 22.6. The average molecular weight is 473 g/mol. The molecule has 3 aromatic rings. The fourth-order valence-corrected chi connectivity index (χ4v) is 5.63. The normalized spacial score (nSPS) is 15.9. The van der Waals surface area contributed by atoms with Gasteiger partial charge in [0, 0.05) is 24.3 Å². The zero-order valence-corrected chi connectivity index (χ0v) is 19.2. The molecule has 1 saturated heterocycles. The quantitative estimate of drug-likeness (QED) is 0.518. The highest BCUT2D eigenvalue weighted by Gasteiger charge is 2.26. The van der Waals surface area contributed by atoms with Crippen molar-refractivity contribution in [3.8, 4) is 11.5 Å². The number of thioether (sulfide) groups is 1. The number of amides is 1. The third-order valence-electron chi connectivity index (χ3n) is 5.13. The van der Waals surface area contributed by atoms with Crippen molar-refractivity contribution in [2.45, 2.75) is 41.6 Å². The van der Waals surface area contributed by atoms with Crippen LogP contribution in [-0.4, -0.2) is 47.2 Å². The molecular weight excluding hydrogens is 448 g/mol. The van der Waals surface area contributed by atoms with Crippen LogP contribution in [0.4, 0.5) is 5.69 Å². The molecule has 2 aromatic carbocycles. The van der Waals surface area contributed by atoms with Crippen LogP contribution in [0.15, 0.2) is 69.1 Å². The molecule has 1 N–H and O–H groups in total. The molecule has 1 aliphatic rings. The van der Waals surface area contributed by atoms with Crippen LogP contribution < -0.4 is 5.32 Å². The number of rotatable bonds is 7. The fraction of sp³-hybridized carbons (Fsp3) is 0.318. The molecule has 1 fully saturated rings. The monoisotopic (exact) mass is 472 g/mol. The van der Waals surface area contributed by atoms with Gasteiger partial charge in [-0.3, -0.25) is 4.79 Å². The highest BCUT2D eigenvalue weighted by molar-refractivity contribution is 8.00. The van der Waals surface area contributed by atoms with Gasteiger partial charge < -0.3 is 9.73 Å². The minimum Gasteiger partial charge on any atom is -0.411 e. The van der Waals surface area contributed by atoms with E-state index in [1.807, 2.05) is 30.3 Å². The number of para-hydroxylation sites is 1. The summed E-state index contributed by atoms with van der Waals surface area (Å²) in [6, 6.07) is 15.7. The Morgan fingerprint density at radius 1 is 1.06 bits per heavy atom. The lowest BCUT2D eigenvalue weighted by atomic mass is 10.2. The first-order valence-corrected chi connectivity index (χ1v) is 12.7. The second-order valence-corrected chi connectivity index (χ2v) is 10.7. The Morgan fingerprint density at radius 2 is 1.81 bits per heavy atom. The van der Waals surface area contributed by atoms with Gasteiger partial charge in [-0.25, -0.2) is 8.42 Å². The molecule has 8 nitrogen and oxygen atoms in total. The van der Waals surface area contributed by atoms with Gasteiger partial charge >= 0.3 is 0 Å². The van der Waals surface area contributed by atoms with Gasteiger partial charge in [-0.05, 0) is 50.1 Å². The molecule has 0 radical (unpaired) electrons. The van der Waals surface area contributed by atoms with Crippen molar-refractivity contribution in [3.63, 3.8) is 0 Å². The van der Waals surface area contributed by atoms with Gasteiger partial charge in [-0.2, -0.15) is 4.31 Å². The zero-order valence-electron chi connectivity index (χ0n) is 17.6. The molecule has 0 aliphatic carbocycles. The Hall–Kier alpha value is -2.69. The van der Waals surface area contributed by atoms with Gasteiger partial charge in [0.15, 0.2) is 0 Å². The van der Waals surface area contributed by atoms with Crippen LogP contribution in [0.2, 0.25) is 0 Å². The van der Waals surface area contributed by atoms with Gasteiger partial charge in [0.05, 0.1) is 10.1 Å². The van der Waals surface area contributed by atoms with Crippen molar-refractivity contribution in [1.82, 2.24) is 14.5 Å². The predicted molar refractivity (Wildman–Crippen MR) is 123 cm³/mol. The number of hydrogen-bond donors (Lipinski definition) is 1. The maximum Gasteiger partial charge on any atom is 0.277 e. The van der Waals surface area contributed by atoms with E-state index >= 15 is 0 Å². The molecule has 1 aromatic heterocycles. The molecule has 2 heterocycles. The summed E-state index contributed by atoms with van der Waals surface area (Å²) < 4.78 is 33.1. The lowest BCUT2D eigenvalue weighted by molar-refractivity contribution is -0.115. The number of sulfonamides is 1. The minimum absolute atomic E-state index is 0.185. The maximum absolute atomic E-state index is 13.0. The molecule has 4 rings (SSSR count). The van der Waals surface area contributed by atoms with E-state index in [2.05, 4.69) is 15.5 Å². The first-order valence-electron chi connectivity index (χ1n) is 10.4. The van der Waals surface area contributed by atoms with Crippen molar-refractivity contribution < 1.29 is 17.6 Å². The van der Waals surface area contributed by atoms with Crippen LogP contribution in [0.3, 0.4) is 0 Å². The third kappa shape index (κ3) is 5.20. The summed E-state index contributed by atoms with van der Waals surface area (Å²) in [5, 5.41) is 10.7. The predicted octanol–water partition coefficient (Wildman–Crippen LogP) is 4.03. The van der Waals surface area contributed by atoms with Crippen LogP contribution in [0.25, 0.3) is 11.5 Å². The number of carbonyl (C=O) groups excluding carboxylic acids is 1. The van der Waals surface area contributed by atoms with Gasteiger partial charge in [-0.1, -0.05) is 42.4 Å². The molecular formula is C22H24N4O4S2. The number of nitrogens with zero attached hydrogens (tertiary/aromatic N) is 3. The summed E-state index contributed by atoms with van der Waals surface area (Å²) in [5.41, 5.74) is 1.23. The van der Waals surface area contributed by atoms with Gasteiger partial charge in [-0.15, -0.1) is 10.2 Å². The molecule has 32 heavy (non-hydrogen) atoms. The maximum atomic E-state index is 13.0. The summed E-state index contributed by atoms with van der Waals surface area (Å²) >= 11 is 1.14. The van der Waals surface area contributed by atoms with E-state index < -0.39 is 15.3 Å². The molecule has 1 aliphatic heterocycles. The Bertz CT molecular complexity index is 1180. The number of aromatic nitrogens is 2. The molecule has 0 unspecified atom stereocenters. The van der Waals surface area contributed by atoms with Gasteiger partial charge in [0.2, 0.25) is 21.8 Å². The van der Waals surface area contributed by atoms with Crippen LogP contribution in [0.1, 0.15) is 26.2 Å². The van der Waals surface area contributed by atoms with Crippen molar-refractivity contribution in [2.75, 3.05) is 18.4 Å². The van der Waals surface area contributed by atoms with E-state index in [9.17, 15) is 13.2 Å². The Balaban J connectivity index is 1.45. The van der Waals surface area contributed by atoms with E-state index in [0.717, 1.165) is 31.0 Å². The number of anilines is 1. The summed E-state index contributed by atoms with van der Waals surface area (Å²) in [7, 11) is -3.56. The summed E-state index contributed by atoms with van der Waals surface area (Å²) in [5.74, 6) is 0.0226. The lowest BCUT2D eigenvalue weighted by Gasteiger charge is -2.25. The van der Waals surface area contributed by atoms with E-state index in [1.54, 1.807) is 31.2 Å². The van der Waals surface area contributed by atoms with Crippen LogP contribution in [-0.2, 0) is 14.8 Å². The van der Waals surface area contributed by atoms with E-state index in [4.69, 9.17) is 4.42 Å². The van der Waals surface area contributed by atoms with E-state index in [0.29, 0.717) is 24.3 Å². The highest BCUT2D eigenvalue weighted by Crippen LogP contribution is 2.29. The Kier molecular flexibility index (Phi) is 6.92. The summed E-state index contributed by atoms with van der Waals surface area (Å²) in [6.45, 7) is 2.83. The second-order valence-electron chi connectivity index (χ2n) is 7.48. The van der Waals surface area contributed by atoms with Crippen LogP contribution in [0.5, 0.6) is 0 Å². The Morgan fingerprint density at radius 3 is 2.56 bits per heavy atom. The molecule has 1 atom stereocenters. The van der Waals surface area contributed by atoms with Crippen molar-refractivity contribution >= 4 is 33.4 Å². The third-order valence-corrected chi connectivity index (χ3v) is 7.96. The number of carbonyl (C=O) groups is 1. The smallest absolute Gasteiger partial charge is 0.277 e. The number of nitrogens with one attached hydrogen (secondary N) is 1. The largest absolute Gasteiger partial charge is 0.411 e. The van der Waals surface area contributed by atoms with Crippen molar-refractivity contribution in [2.24, 2.45) is 0 Å².